The number of carbonyl (C=O) groups excluding carboxylic acids is 1. The van der Waals surface area contributed by atoms with E-state index < -0.39 is 0 Å². The Labute approximate surface area is 111 Å². The van der Waals surface area contributed by atoms with Crippen LogP contribution < -0.4 is 0 Å². The molecule has 1 nitrogen and oxygen atoms in total. The largest absolute Gasteiger partial charge is 0.294 e. The van der Waals surface area contributed by atoms with Gasteiger partial charge in [0.2, 0.25) is 0 Å². The van der Waals surface area contributed by atoms with E-state index in [4.69, 9.17) is 0 Å². The molecule has 0 saturated heterocycles. The lowest BCUT2D eigenvalue weighted by atomic mass is 10.1. The fourth-order valence-corrected chi connectivity index (χ4v) is 2.24. The number of rotatable bonds is 0. The Bertz CT molecular complexity index is 720. The Balaban J connectivity index is 1.91. The van der Waals surface area contributed by atoms with Gasteiger partial charge in [-0.2, -0.15) is 0 Å². The molecule has 0 fully saturated rings. The van der Waals surface area contributed by atoms with Crippen molar-refractivity contribution in [3.8, 4) is 11.8 Å². The molecule has 0 aliphatic heterocycles. The first-order chi connectivity index (χ1) is 9.22. The van der Waals surface area contributed by atoms with Gasteiger partial charge >= 0.3 is 0 Å². The predicted molar refractivity (Wildman–Crippen MR) is 71.5 cm³/mol. The van der Waals surface area contributed by atoms with Crippen LogP contribution in [0.4, 0.5) is 4.39 Å². The zero-order valence-electron chi connectivity index (χ0n) is 10.2. The zero-order valence-corrected chi connectivity index (χ0v) is 10.2. The summed E-state index contributed by atoms with van der Waals surface area (Å²) in [4.78, 5) is 11.5. The van der Waals surface area contributed by atoms with Crippen LogP contribution in [0.25, 0.3) is 0 Å². The third-order valence-corrected chi connectivity index (χ3v) is 3.20. The maximum absolute atomic E-state index is 13.0. The molecule has 0 spiro atoms. The van der Waals surface area contributed by atoms with Crippen LogP contribution in [0.5, 0.6) is 0 Å². The van der Waals surface area contributed by atoms with Gasteiger partial charge in [-0.25, -0.2) is 4.39 Å². The van der Waals surface area contributed by atoms with Crippen molar-refractivity contribution < 1.29 is 9.18 Å². The Kier molecular flexibility index (Phi) is 2.89. The molecule has 92 valence electrons. The third kappa shape index (κ3) is 2.41. The highest BCUT2D eigenvalue weighted by atomic mass is 19.1. The monoisotopic (exact) mass is 250 g/mol. The summed E-state index contributed by atoms with van der Waals surface area (Å²) in [6, 6.07) is 11.8. The third-order valence-electron chi connectivity index (χ3n) is 3.20. The molecular formula is C17H11FO. The summed E-state index contributed by atoms with van der Waals surface area (Å²) in [5.41, 5.74) is 3.39. The lowest BCUT2D eigenvalue weighted by Gasteiger charge is -1.97. The van der Waals surface area contributed by atoms with Crippen molar-refractivity contribution in [2.24, 2.45) is 0 Å². The second-order valence-electron chi connectivity index (χ2n) is 4.56. The van der Waals surface area contributed by atoms with Crippen LogP contribution >= 0.6 is 0 Å². The highest BCUT2D eigenvalue weighted by molar-refractivity contribution is 6.00. The number of fused-ring (bicyclic) bond motifs is 1. The van der Waals surface area contributed by atoms with Gasteiger partial charge in [0, 0.05) is 23.1 Å². The van der Waals surface area contributed by atoms with Crippen LogP contribution in [0, 0.1) is 17.7 Å². The van der Waals surface area contributed by atoms with Gasteiger partial charge in [-0.05, 0) is 48.4 Å². The van der Waals surface area contributed by atoms with Gasteiger partial charge in [0.25, 0.3) is 0 Å². The van der Waals surface area contributed by atoms with E-state index in [1.165, 1.54) is 12.1 Å². The average Bonchev–Trinajstić information content (AvgIpc) is 2.78. The van der Waals surface area contributed by atoms with E-state index in [0.717, 1.165) is 23.1 Å². The van der Waals surface area contributed by atoms with E-state index >= 15 is 0 Å². The Morgan fingerprint density at radius 2 is 1.74 bits per heavy atom. The molecule has 0 atom stereocenters. The van der Waals surface area contributed by atoms with Crippen molar-refractivity contribution in [2.75, 3.05) is 0 Å². The first-order valence-electron chi connectivity index (χ1n) is 6.16. The van der Waals surface area contributed by atoms with Gasteiger partial charge < -0.3 is 0 Å². The van der Waals surface area contributed by atoms with Gasteiger partial charge in [0.1, 0.15) is 5.82 Å². The Morgan fingerprint density at radius 1 is 0.947 bits per heavy atom. The topological polar surface area (TPSA) is 17.1 Å². The molecular weight excluding hydrogens is 239 g/mol. The molecule has 2 heteroatoms. The van der Waals surface area contributed by atoms with Crippen LogP contribution in [-0.4, -0.2) is 5.78 Å². The van der Waals surface area contributed by atoms with E-state index in [1.807, 2.05) is 18.2 Å². The summed E-state index contributed by atoms with van der Waals surface area (Å²) in [7, 11) is 0. The normalized spacial score (nSPS) is 12.8. The van der Waals surface area contributed by atoms with Crippen molar-refractivity contribution in [1.29, 1.82) is 0 Å². The molecule has 19 heavy (non-hydrogen) atoms. The van der Waals surface area contributed by atoms with Gasteiger partial charge in [-0.15, -0.1) is 0 Å². The van der Waals surface area contributed by atoms with Crippen LogP contribution in [0.15, 0.2) is 42.5 Å². The molecule has 1 aliphatic rings. The molecule has 0 radical (unpaired) electrons. The smallest absolute Gasteiger partial charge is 0.163 e. The summed E-state index contributed by atoms with van der Waals surface area (Å²) in [6.45, 7) is 0. The van der Waals surface area contributed by atoms with E-state index in [9.17, 15) is 9.18 Å². The number of hydrogen-bond donors (Lipinski definition) is 0. The molecule has 0 amide bonds. The van der Waals surface area contributed by atoms with Gasteiger partial charge in [0.15, 0.2) is 5.78 Å². The number of ketones is 1. The lowest BCUT2D eigenvalue weighted by molar-refractivity contribution is 0.0994. The summed E-state index contributed by atoms with van der Waals surface area (Å²) in [5, 5.41) is 0. The number of hydrogen-bond acceptors (Lipinski definition) is 1. The van der Waals surface area contributed by atoms with E-state index in [0.29, 0.717) is 12.0 Å². The molecule has 0 saturated carbocycles. The van der Waals surface area contributed by atoms with Crippen molar-refractivity contribution >= 4 is 5.78 Å². The molecule has 0 N–H and O–H groups in total. The summed E-state index contributed by atoms with van der Waals surface area (Å²) in [6.07, 6.45) is 1.39. The highest BCUT2D eigenvalue weighted by Crippen LogP contribution is 2.22. The van der Waals surface area contributed by atoms with Crippen molar-refractivity contribution in [3.05, 3.63) is 70.5 Å². The second kappa shape index (κ2) is 4.70. The highest BCUT2D eigenvalue weighted by Gasteiger charge is 2.18. The zero-order chi connectivity index (χ0) is 13.2. The van der Waals surface area contributed by atoms with Crippen LogP contribution in [0.2, 0.25) is 0 Å². The molecule has 0 unspecified atom stereocenters. The average molecular weight is 250 g/mol. The summed E-state index contributed by atoms with van der Waals surface area (Å²) < 4.78 is 13.0. The number of aryl methyl sites for hydroxylation is 1. The van der Waals surface area contributed by atoms with Gasteiger partial charge in [-0.1, -0.05) is 17.9 Å². The van der Waals surface area contributed by atoms with Crippen molar-refractivity contribution in [1.82, 2.24) is 0 Å². The minimum Gasteiger partial charge on any atom is -0.294 e. The van der Waals surface area contributed by atoms with Gasteiger partial charge in [-0.3, -0.25) is 4.79 Å². The molecule has 3 rings (SSSR count). The Hall–Kier alpha value is -2.40. The summed E-state index contributed by atoms with van der Waals surface area (Å²) >= 11 is 0. The second-order valence-corrected chi connectivity index (χ2v) is 4.56. The number of benzene rings is 2. The fourth-order valence-electron chi connectivity index (χ4n) is 2.24. The fraction of sp³-hybridized carbons (Fsp3) is 0.118. The quantitative estimate of drug-likeness (QED) is 0.655. The maximum atomic E-state index is 13.0. The molecule has 0 heterocycles. The number of Topliss-reactive ketones (excluding diaryl/α,β-unsaturated/α-hetero) is 1. The van der Waals surface area contributed by atoms with Crippen molar-refractivity contribution in [3.63, 3.8) is 0 Å². The first-order valence-corrected chi connectivity index (χ1v) is 6.16. The molecule has 2 aromatic carbocycles. The minimum absolute atomic E-state index is 0.208. The number of halogens is 1. The maximum Gasteiger partial charge on any atom is 0.163 e. The van der Waals surface area contributed by atoms with E-state index in [-0.39, 0.29) is 11.6 Å². The summed E-state index contributed by atoms with van der Waals surface area (Å²) in [5.74, 6) is 5.86. The molecule has 1 aliphatic carbocycles. The molecule has 0 aromatic heterocycles. The minimum atomic E-state index is -0.286. The van der Waals surface area contributed by atoms with Crippen LogP contribution in [0.3, 0.4) is 0 Å². The molecule has 0 bridgehead atoms. The Morgan fingerprint density at radius 3 is 2.53 bits per heavy atom. The molecule has 2 aromatic rings. The predicted octanol–water partition coefficient (Wildman–Crippen LogP) is 3.35. The first kappa shape index (κ1) is 11.7. The standard InChI is InChI=1S/C17H11FO/c18-15-3-1-2-12(11-15)4-5-13-6-8-16-14(10-13)7-9-17(16)19/h1-3,6,8,10-11H,7,9H2. The number of carbonyl (C=O) groups is 1. The van der Waals surface area contributed by atoms with E-state index in [2.05, 4.69) is 11.8 Å². The van der Waals surface area contributed by atoms with Gasteiger partial charge in [0.05, 0.1) is 0 Å². The van der Waals surface area contributed by atoms with Crippen LogP contribution in [-0.2, 0) is 6.42 Å². The SMILES string of the molecule is O=C1CCc2cc(C#Cc3cccc(F)c3)ccc21. The van der Waals surface area contributed by atoms with Crippen molar-refractivity contribution in [2.45, 2.75) is 12.8 Å². The lowest BCUT2D eigenvalue weighted by Crippen LogP contribution is -1.90. The van der Waals surface area contributed by atoms with Crippen LogP contribution in [0.1, 0.15) is 33.5 Å². The van der Waals surface area contributed by atoms with E-state index in [1.54, 1.807) is 12.1 Å².